The number of amides is 2. The molecule has 2 fully saturated rings. The first kappa shape index (κ1) is 26.8. The number of aromatic nitrogens is 1. The predicted molar refractivity (Wildman–Crippen MR) is 151 cm³/mol. The Morgan fingerprint density at radius 1 is 1.13 bits per heavy atom. The van der Waals surface area contributed by atoms with Crippen LogP contribution < -0.4 is 10.6 Å². The number of rotatable bonds is 4. The van der Waals surface area contributed by atoms with E-state index in [-0.39, 0.29) is 27.2 Å². The van der Waals surface area contributed by atoms with E-state index in [1.807, 2.05) is 37.3 Å². The molecule has 1 spiro atoms. The molecule has 3 aromatic rings. The minimum atomic E-state index is -3.94. The summed E-state index contributed by atoms with van der Waals surface area (Å²) in [6.45, 7) is 8.66. The molecule has 1 atom stereocenters. The standard InChI is InChI=1S/C28H34N4O4S2/c1-17-26(34)32(28(37-17)14-12-19(13-15-28)27(2,3)4)31-25(33)24-23(18-8-6-5-7-9-18)21-16-20(38(29,35)36)10-11-22(21)30-24/h5-11,16-17,19,30H,12-15H2,1-4H3,(H,31,33)(H2,29,35,36). The van der Waals surface area contributed by atoms with Gasteiger partial charge >= 0.3 is 0 Å². The van der Waals surface area contributed by atoms with Crippen molar-refractivity contribution in [2.75, 3.05) is 0 Å². The molecule has 2 aliphatic rings. The highest BCUT2D eigenvalue weighted by Crippen LogP contribution is 2.53. The average molecular weight is 555 g/mol. The monoisotopic (exact) mass is 554 g/mol. The smallest absolute Gasteiger partial charge is 0.286 e. The highest BCUT2D eigenvalue weighted by Gasteiger charge is 2.53. The minimum Gasteiger partial charge on any atom is -0.350 e. The molecule has 0 bridgehead atoms. The van der Waals surface area contributed by atoms with Crippen LogP contribution >= 0.6 is 11.8 Å². The number of nitrogens with one attached hydrogen (secondary N) is 2. The first-order valence-electron chi connectivity index (χ1n) is 12.9. The van der Waals surface area contributed by atoms with Gasteiger partial charge in [-0.25, -0.2) is 18.6 Å². The summed E-state index contributed by atoms with van der Waals surface area (Å²) in [6, 6.07) is 13.8. The van der Waals surface area contributed by atoms with Crippen molar-refractivity contribution in [1.82, 2.24) is 15.4 Å². The number of hydrogen-bond acceptors (Lipinski definition) is 5. The normalized spacial score (nSPS) is 24.3. The lowest BCUT2D eigenvalue weighted by Crippen LogP contribution is -2.56. The van der Waals surface area contributed by atoms with Gasteiger partial charge in [-0.15, -0.1) is 11.8 Å². The van der Waals surface area contributed by atoms with Gasteiger partial charge in [-0.1, -0.05) is 51.1 Å². The van der Waals surface area contributed by atoms with E-state index in [2.05, 4.69) is 31.2 Å². The van der Waals surface area contributed by atoms with Gasteiger partial charge in [0.15, 0.2) is 0 Å². The maximum absolute atomic E-state index is 13.9. The van der Waals surface area contributed by atoms with E-state index in [4.69, 9.17) is 5.14 Å². The van der Waals surface area contributed by atoms with E-state index in [9.17, 15) is 18.0 Å². The number of hydrazine groups is 1. The summed E-state index contributed by atoms with van der Waals surface area (Å²) in [5.41, 5.74) is 5.30. The average Bonchev–Trinajstić information content (AvgIpc) is 3.34. The summed E-state index contributed by atoms with van der Waals surface area (Å²) in [5.74, 6) is 0.00714. The quantitative estimate of drug-likeness (QED) is 0.417. The highest BCUT2D eigenvalue weighted by atomic mass is 32.2. The number of thioether (sulfide) groups is 1. The molecular formula is C28H34N4O4S2. The lowest BCUT2D eigenvalue weighted by molar-refractivity contribution is -0.136. The Hall–Kier alpha value is -2.82. The van der Waals surface area contributed by atoms with Crippen LogP contribution in [0.1, 0.15) is 63.9 Å². The summed E-state index contributed by atoms with van der Waals surface area (Å²) in [5, 5.41) is 7.27. The van der Waals surface area contributed by atoms with Crippen LogP contribution in [0.2, 0.25) is 0 Å². The zero-order valence-electron chi connectivity index (χ0n) is 22.1. The lowest BCUT2D eigenvalue weighted by Gasteiger charge is -2.45. The summed E-state index contributed by atoms with van der Waals surface area (Å²) in [4.78, 5) is 29.8. The van der Waals surface area contributed by atoms with Crippen LogP contribution in [-0.2, 0) is 14.8 Å². The van der Waals surface area contributed by atoms with Crippen molar-refractivity contribution in [3.63, 3.8) is 0 Å². The van der Waals surface area contributed by atoms with Gasteiger partial charge < -0.3 is 4.98 Å². The molecule has 1 unspecified atom stereocenters. The number of nitrogens with two attached hydrogens (primary N) is 1. The summed E-state index contributed by atoms with van der Waals surface area (Å²) < 4.78 is 24.1. The number of carbonyl (C=O) groups excluding carboxylic acids is 2. The molecule has 2 aromatic carbocycles. The molecule has 1 aromatic heterocycles. The molecule has 8 nitrogen and oxygen atoms in total. The third kappa shape index (κ3) is 4.74. The number of H-pyrrole nitrogens is 1. The number of sulfonamides is 1. The Labute approximate surface area is 227 Å². The Balaban J connectivity index is 1.53. The van der Waals surface area contributed by atoms with E-state index >= 15 is 0 Å². The molecule has 5 rings (SSSR count). The van der Waals surface area contributed by atoms with Crippen LogP contribution in [0, 0.1) is 11.3 Å². The van der Waals surface area contributed by atoms with Crippen molar-refractivity contribution < 1.29 is 18.0 Å². The van der Waals surface area contributed by atoms with Gasteiger partial charge in [0.25, 0.3) is 11.8 Å². The summed E-state index contributed by atoms with van der Waals surface area (Å²) in [6.07, 6.45) is 3.60. The Morgan fingerprint density at radius 3 is 2.39 bits per heavy atom. The molecule has 10 heteroatoms. The maximum atomic E-state index is 13.9. The zero-order valence-corrected chi connectivity index (χ0v) is 23.7. The number of fused-ring (bicyclic) bond motifs is 1. The molecule has 202 valence electrons. The van der Waals surface area contributed by atoms with Crippen LogP contribution in [0.5, 0.6) is 0 Å². The molecule has 2 heterocycles. The molecular weight excluding hydrogens is 520 g/mol. The second-order valence-corrected chi connectivity index (χ2v) is 14.7. The van der Waals surface area contributed by atoms with Gasteiger partial charge in [-0.05, 0) is 67.7 Å². The molecule has 1 aliphatic carbocycles. The predicted octanol–water partition coefficient (Wildman–Crippen LogP) is 5.02. The Bertz CT molecular complexity index is 1500. The number of nitrogens with zero attached hydrogens (tertiary/aromatic N) is 1. The van der Waals surface area contributed by atoms with E-state index in [0.29, 0.717) is 22.4 Å². The topological polar surface area (TPSA) is 125 Å². The second-order valence-electron chi connectivity index (χ2n) is 11.5. The zero-order chi connectivity index (χ0) is 27.5. The molecule has 1 aliphatic heterocycles. The molecule has 1 saturated heterocycles. The largest absolute Gasteiger partial charge is 0.350 e. The van der Waals surface area contributed by atoms with Crippen molar-refractivity contribution in [1.29, 1.82) is 0 Å². The molecule has 2 amide bonds. The van der Waals surface area contributed by atoms with Crippen LogP contribution in [0.15, 0.2) is 53.4 Å². The van der Waals surface area contributed by atoms with Crippen molar-refractivity contribution in [3.8, 4) is 11.1 Å². The first-order chi connectivity index (χ1) is 17.8. The number of carbonyl (C=O) groups is 2. The van der Waals surface area contributed by atoms with Gasteiger partial charge in [0, 0.05) is 16.5 Å². The first-order valence-corrected chi connectivity index (χ1v) is 15.3. The summed E-state index contributed by atoms with van der Waals surface area (Å²) in [7, 11) is -3.94. The van der Waals surface area contributed by atoms with E-state index in [0.717, 1.165) is 31.2 Å². The van der Waals surface area contributed by atoms with Gasteiger partial charge in [0.1, 0.15) is 10.6 Å². The molecule has 38 heavy (non-hydrogen) atoms. The van der Waals surface area contributed by atoms with Gasteiger partial charge in [-0.3, -0.25) is 15.0 Å². The molecule has 0 radical (unpaired) electrons. The van der Waals surface area contributed by atoms with Gasteiger partial charge in [0.2, 0.25) is 10.0 Å². The number of aromatic amines is 1. The highest BCUT2D eigenvalue weighted by molar-refractivity contribution is 8.02. The van der Waals surface area contributed by atoms with Crippen molar-refractivity contribution in [3.05, 3.63) is 54.2 Å². The summed E-state index contributed by atoms with van der Waals surface area (Å²) >= 11 is 1.64. The van der Waals surface area contributed by atoms with Crippen molar-refractivity contribution in [2.24, 2.45) is 16.5 Å². The van der Waals surface area contributed by atoms with Gasteiger partial charge in [0.05, 0.1) is 10.1 Å². The number of primary sulfonamides is 1. The van der Waals surface area contributed by atoms with Crippen molar-refractivity contribution in [2.45, 2.75) is 68.4 Å². The SMILES string of the molecule is CC1SC2(CCC(C(C)(C)C)CC2)N(NC(=O)c2[nH]c3ccc(S(N)(=O)=O)cc3c2-c2ccccc2)C1=O. The van der Waals surface area contributed by atoms with E-state index < -0.39 is 20.8 Å². The number of benzene rings is 2. The van der Waals surface area contributed by atoms with Crippen LogP contribution in [0.4, 0.5) is 0 Å². The maximum Gasteiger partial charge on any atom is 0.286 e. The van der Waals surface area contributed by atoms with Crippen LogP contribution in [0.25, 0.3) is 22.0 Å². The fourth-order valence-corrected chi connectivity index (χ4v) is 7.95. The fraction of sp³-hybridized carbons (Fsp3) is 0.429. The number of hydrogen-bond donors (Lipinski definition) is 3. The van der Waals surface area contributed by atoms with E-state index in [1.165, 1.54) is 12.1 Å². The second kappa shape index (κ2) is 9.43. The Morgan fingerprint density at radius 2 is 1.79 bits per heavy atom. The van der Waals surface area contributed by atoms with E-state index in [1.54, 1.807) is 22.8 Å². The molecule has 1 saturated carbocycles. The fourth-order valence-electron chi connectivity index (χ4n) is 5.83. The Kier molecular flexibility index (Phi) is 6.64. The molecule has 4 N–H and O–H groups in total. The van der Waals surface area contributed by atoms with Gasteiger partial charge in [-0.2, -0.15) is 0 Å². The third-order valence-electron chi connectivity index (χ3n) is 7.96. The lowest BCUT2D eigenvalue weighted by atomic mass is 9.71. The van der Waals surface area contributed by atoms with Crippen LogP contribution in [-0.4, -0.2) is 40.3 Å². The minimum absolute atomic E-state index is 0.0392. The van der Waals surface area contributed by atoms with Crippen LogP contribution in [0.3, 0.4) is 0 Å². The van der Waals surface area contributed by atoms with Crippen molar-refractivity contribution >= 4 is 44.5 Å². The third-order valence-corrected chi connectivity index (χ3v) is 10.5.